The number of nitrogens with zero attached hydrogens (tertiary/aromatic N) is 1. The van der Waals surface area contributed by atoms with Gasteiger partial charge in [0.1, 0.15) is 29.7 Å². The van der Waals surface area contributed by atoms with Crippen molar-refractivity contribution in [3.05, 3.63) is 59.7 Å². The van der Waals surface area contributed by atoms with E-state index in [-0.39, 0.29) is 12.2 Å². The van der Waals surface area contributed by atoms with Gasteiger partial charge in [-0.05, 0) is 43.3 Å². The summed E-state index contributed by atoms with van der Waals surface area (Å²) in [5.41, 5.74) is 1.12. The maximum Gasteiger partial charge on any atom is 0.266 e. The summed E-state index contributed by atoms with van der Waals surface area (Å²) >= 11 is 0. The number of carbonyl (C=O) groups excluding carboxylic acids is 1. The Hall–Kier alpha value is -3.70. The molecule has 1 amide bonds. The van der Waals surface area contributed by atoms with Crippen molar-refractivity contribution in [1.82, 2.24) is 0 Å². The van der Waals surface area contributed by atoms with Crippen molar-refractivity contribution in [2.24, 2.45) is 0 Å². The van der Waals surface area contributed by atoms with Gasteiger partial charge in [0.25, 0.3) is 5.91 Å². The van der Waals surface area contributed by atoms with Gasteiger partial charge in [0.05, 0.1) is 6.61 Å². The van der Waals surface area contributed by atoms with Gasteiger partial charge in [0, 0.05) is 11.3 Å². The highest BCUT2D eigenvalue weighted by Gasteiger charge is 2.11. The van der Waals surface area contributed by atoms with Crippen LogP contribution < -0.4 is 14.8 Å². The third kappa shape index (κ3) is 5.15. The molecule has 0 unspecified atom stereocenters. The lowest BCUT2D eigenvalue weighted by atomic mass is 10.1. The number of nitriles is 1. The fourth-order valence-corrected chi connectivity index (χ4v) is 2.15. The number of anilines is 1. The molecule has 2 rings (SSSR count). The lowest BCUT2D eigenvalue weighted by molar-refractivity contribution is -0.112. The quantitative estimate of drug-likeness (QED) is 0.472. The highest BCUT2D eigenvalue weighted by Crippen LogP contribution is 2.22. The SMILES string of the molecule is C#CCOc1ccccc1/C=C(\C#N)C(=O)Nc1ccc(OCC)cc1. The average molecular weight is 346 g/mol. The molecule has 0 fully saturated rings. The number of terminal acetylenes is 1. The third-order valence-electron chi connectivity index (χ3n) is 3.32. The van der Waals surface area contributed by atoms with Crippen LogP contribution in [0.3, 0.4) is 0 Å². The van der Waals surface area contributed by atoms with Gasteiger partial charge < -0.3 is 14.8 Å². The van der Waals surface area contributed by atoms with Crippen molar-refractivity contribution in [2.45, 2.75) is 6.92 Å². The Morgan fingerprint density at radius 1 is 1.19 bits per heavy atom. The van der Waals surface area contributed by atoms with Crippen molar-refractivity contribution < 1.29 is 14.3 Å². The van der Waals surface area contributed by atoms with E-state index < -0.39 is 5.91 Å². The van der Waals surface area contributed by atoms with Gasteiger partial charge >= 0.3 is 0 Å². The summed E-state index contributed by atoms with van der Waals surface area (Å²) in [6.45, 7) is 2.56. The van der Waals surface area contributed by atoms with Crippen molar-refractivity contribution in [3.8, 4) is 29.9 Å². The number of para-hydroxylation sites is 1. The van der Waals surface area contributed by atoms with E-state index in [1.165, 1.54) is 6.08 Å². The number of nitrogens with one attached hydrogen (secondary N) is 1. The van der Waals surface area contributed by atoms with E-state index in [9.17, 15) is 10.1 Å². The van der Waals surface area contributed by atoms with Crippen molar-refractivity contribution >= 4 is 17.7 Å². The van der Waals surface area contributed by atoms with Crippen molar-refractivity contribution in [2.75, 3.05) is 18.5 Å². The van der Waals surface area contributed by atoms with Gasteiger partial charge in [0.2, 0.25) is 0 Å². The normalized spacial score (nSPS) is 10.3. The van der Waals surface area contributed by atoms with Gasteiger partial charge in [-0.3, -0.25) is 4.79 Å². The molecule has 0 aliphatic heterocycles. The summed E-state index contributed by atoms with van der Waals surface area (Å²) in [4.78, 5) is 12.4. The second-order valence-electron chi connectivity index (χ2n) is 5.11. The molecule has 5 nitrogen and oxygen atoms in total. The minimum absolute atomic E-state index is 0.0457. The summed E-state index contributed by atoms with van der Waals surface area (Å²) in [5, 5.41) is 12.0. The first-order chi connectivity index (χ1) is 12.7. The number of hydrogen-bond acceptors (Lipinski definition) is 4. The number of carbonyl (C=O) groups is 1. The van der Waals surface area contributed by atoms with Crippen LogP contribution in [0.5, 0.6) is 11.5 Å². The molecule has 0 saturated carbocycles. The molecule has 26 heavy (non-hydrogen) atoms. The Balaban J connectivity index is 2.17. The predicted octanol–water partition coefficient (Wildman–Crippen LogP) is 3.64. The van der Waals surface area contributed by atoms with Crippen LogP contribution >= 0.6 is 0 Å². The predicted molar refractivity (Wildman–Crippen MR) is 101 cm³/mol. The topological polar surface area (TPSA) is 71.3 Å². The second kappa shape index (κ2) is 9.56. The van der Waals surface area contributed by atoms with Gasteiger partial charge in [-0.25, -0.2) is 0 Å². The van der Waals surface area contributed by atoms with E-state index in [1.54, 1.807) is 48.5 Å². The highest BCUT2D eigenvalue weighted by molar-refractivity contribution is 6.09. The summed E-state index contributed by atoms with van der Waals surface area (Å²) in [5.74, 6) is 3.09. The molecular weight excluding hydrogens is 328 g/mol. The summed E-state index contributed by atoms with van der Waals surface area (Å²) in [6.07, 6.45) is 6.67. The van der Waals surface area contributed by atoms with E-state index in [2.05, 4.69) is 11.2 Å². The molecule has 5 heteroatoms. The Labute approximate surface area is 152 Å². The van der Waals surface area contributed by atoms with E-state index >= 15 is 0 Å². The zero-order valence-corrected chi connectivity index (χ0v) is 14.4. The van der Waals surface area contributed by atoms with Crippen LogP contribution in [0.2, 0.25) is 0 Å². The first-order valence-corrected chi connectivity index (χ1v) is 7.99. The van der Waals surface area contributed by atoms with E-state index in [4.69, 9.17) is 15.9 Å². The molecule has 0 atom stereocenters. The first kappa shape index (κ1) is 18.6. The van der Waals surface area contributed by atoms with Gasteiger partial charge in [-0.2, -0.15) is 5.26 Å². The van der Waals surface area contributed by atoms with E-state index in [0.29, 0.717) is 29.4 Å². The molecule has 0 radical (unpaired) electrons. The van der Waals surface area contributed by atoms with Crippen LogP contribution in [0, 0.1) is 23.7 Å². The van der Waals surface area contributed by atoms with E-state index in [1.807, 2.05) is 13.0 Å². The summed E-state index contributed by atoms with van der Waals surface area (Å²) in [7, 11) is 0. The summed E-state index contributed by atoms with van der Waals surface area (Å²) < 4.78 is 10.8. The Morgan fingerprint density at radius 3 is 2.58 bits per heavy atom. The lowest BCUT2D eigenvalue weighted by Crippen LogP contribution is -2.13. The van der Waals surface area contributed by atoms with Crippen molar-refractivity contribution in [1.29, 1.82) is 5.26 Å². The van der Waals surface area contributed by atoms with Crippen LogP contribution in [0.1, 0.15) is 12.5 Å². The maximum absolute atomic E-state index is 12.4. The molecular formula is C21H18N2O3. The minimum Gasteiger partial charge on any atom is -0.494 e. The lowest BCUT2D eigenvalue weighted by Gasteiger charge is -2.08. The van der Waals surface area contributed by atoms with E-state index in [0.717, 1.165) is 0 Å². The average Bonchev–Trinajstić information content (AvgIpc) is 2.66. The van der Waals surface area contributed by atoms with Gasteiger partial charge in [-0.15, -0.1) is 6.42 Å². The number of benzene rings is 2. The highest BCUT2D eigenvalue weighted by atomic mass is 16.5. The fraction of sp³-hybridized carbons (Fsp3) is 0.143. The zero-order valence-electron chi connectivity index (χ0n) is 14.4. The van der Waals surface area contributed by atoms with Crippen molar-refractivity contribution in [3.63, 3.8) is 0 Å². The number of amides is 1. The van der Waals surface area contributed by atoms with Crippen LogP contribution in [-0.2, 0) is 4.79 Å². The number of ether oxygens (including phenoxy) is 2. The van der Waals surface area contributed by atoms with Gasteiger partial charge in [-0.1, -0.05) is 24.1 Å². The summed E-state index contributed by atoms with van der Waals surface area (Å²) in [6, 6.07) is 15.9. The Kier molecular flexibility index (Phi) is 6.85. The molecule has 0 aliphatic rings. The number of hydrogen-bond donors (Lipinski definition) is 1. The molecule has 2 aromatic rings. The number of rotatable bonds is 7. The first-order valence-electron chi connectivity index (χ1n) is 7.99. The van der Waals surface area contributed by atoms with Gasteiger partial charge in [0.15, 0.2) is 0 Å². The molecule has 130 valence electrons. The zero-order chi connectivity index (χ0) is 18.8. The maximum atomic E-state index is 12.4. The minimum atomic E-state index is -0.511. The largest absolute Gasteiger partial charge is 0.494 e. The smallest absolute Gasteiger partial charge is 0.266 e. The molecule has 2 aromatic carbocycles. The Morgan fingerprint density at radius 2 is 1.92 bits per heavy atom. The molecule has 0 aromatic heterocycles. The van der Waals surface area contributed by atoms with Crippen LogP contribution in [0.25, 0.3) is 6.08 Å². The molecule has 0 bridgehead atoms. The molecule has 0 saturated heterocycles. The monoisotopic (exact) mass is 346 g/mol. The molecule has 0 heterocycles. The van der Waals surface area contributed by atoms with Crippen LogP contribution in [-0.4, -0.2) is 19.1 Å². The molecule has 0 aliphatic carbocycles. The standard InChI is InChI=1S/C21H18N2O3/c1-3-13-26-20-8-6-5-7-16(20)14-17(15-22)21(24)23-18-9-11-19(12-10-18)25-4-2/h1,5-12,14H,4,13H2,2H3,(H,23,24)/b17-14+. The Bertz CT molecular complexity index is 871. The molecule has 0 spiro atoms. The van der Waals surface area contributed by atoms with Crippen LogP contribution in [0.4, 0.5) is 5.69 Å². The fourth-order valence-electron chi connectivity index (χ4n) is 2.15. The third-order valence-corrected chi connectivity index (χ3v) is 3.32. The van der Waals surface area contributed by atoms with Crippen LogP contribution in [0.15, 0.2) is 54.1 Å². The second-order valence-corrected chi connectivity index (χ2v) is 5.11. The molecule has 1 N–H and O–H groups in total.